The van der Waals surface area contributed by atoms with E-state index in [1.165, 1.54) is 12.4 Å². The zero-order chi connectivity index (χ0) is 9.97. The van der Waals surface area contributed by atoms with Crippen LogP contribution in [0.1, 0.15) is 5.69 Å². The molecule has 4 heteroatoms. The second-order valence-electron chi connectivity index (χ2n) is 2.89. The molecule has 0 aliphatic rings. The van der Waals surface area contributed by atoms with Crippen LogP contribution in [0, 0.1) is 12.9 Å². The predicted octanol–water partition coefficient (Wildman–Crippen LogP) is 1.99. The van der Waals surface area contributed by atoms with E-state index in [0.717, 1.165) is 5.69 Å². The normalized spacial score (nSPS) is 10.1. The third-order valence-electron chi connectivity index (χ3n) is 1.79. The molecule has 0 amide bonds. The van der Waals surface area contributed by atoms with Crippen LogP contribution < -0.4 is 0 Å². The van der Waals surface area contributed by atoms with Gasteiger partial charge in [0.25, 0.3) is 0 Å². The minimum Gasteiger partial charge on any atom is -0.261 e. The van der Waals surface area contributed by atoms with Crippen molar-refractivity contribution in [3.05, 3.63) is 42.4 Å². The Bertz CT molecular complexity index is 457. The molecular formula is C10H8FN3. The Morgan fingerprint density at radius 3 is 2.86 bits per heavy atom. The van der Waals surface area contributed by atoms with Crippen molar-refractivity contribution in [3.63, 3.8) is 0 Å². The van der Waals surface area contributed by atoms with Crippen LogP contribution in [0.3, 0.4) is 0 Å². The number of hydrogen-bond acceptors (Lipinski definition) is 3. The summed E-state index contributed by atoms with van der Waals surface area (Å²) >= 11 is 0. The van der Waals surface area contributed by atoms with Crippen LogP contribution in [-0.4, -0.2) is 15.0 Å². The quantitative estimate of drug-likeness (QED) is 0.644. The average Bonchev–Trinajstić information content (AvgIpc) is 2.18. The SMILES string of the molecule is Cc1cncc(-c2cccnc2F)n1. The molecule has 0 aliphatic heterocycles. The van der Waals surface area contributed by atoms with Gasteiger partial charge in [-0.2, -0.15) is 4.39 Å². The van der Waals surface area contributed by atoms with Crippen molar-refractivity contribution >= 4 is 0 Å². The van der Waals surface area contributed by atoms with E-state index in [9.17, 15) is 4.39 Å². The molecule has 0 atom stereocenters. The first-order valence-corrected chi connectivity index (χ1v) is 4.17. The molecule has 0 aliphatic carbocycles. The molecule has 0 unspecified atom stereocenters. The monoisotopic (exact) mass is 189 g/mol. The first kappa shape index (κ1) is 8.74. The van der Waals surface area contributed by atoms with E-state index in [-0.39, 0.29) is 0 Å². The number of aromatic nitrogens is 3. The van der Waals surface area contributed by atoms with Crippen LogP contribution in [0.2, 0.25) is 0 Å². The van der Waals surface area contributed by atoms with Crippen LogP contribution in [0.15, 0.2) is 30.7 Å². The van der Waals surface area contributed by atoms with E-state index in [4.69, 9.17) is 0 Å². The average molecular weight is 189 g/mol. The predicted molar refractivity (Wildman–Crippen MR) is 50.0 cm³/mol. The third kappa shape index (κ3) is 1.59. The topological polar surface area (TPSA) is 38.7 Å². The van der Waals surface area contributed by atoms with Gasteiger partial charge in [-0.05, 0) is 19.1 Å². The van der Waals surface area contributed by atoms with E-state index in [1.54, 1.807) is 18.3 Å². The van der Waals surface area contributed by atoms with Gasteiger partial charge in [-0.15, -0.1) is 0 Å². The Morgan fingerprint density at radius 2 is 2.14 bits per heavy atom. The smallest absolute Gasteiger partial charge is 0.222 e. The first-order valence-electron chi connectivity index (χ1n) is 4.17. The molecule has 2 rings (SSSR count). The number of aryl methyl sites for hydroxylation is 1. The molecule has 2 aromatic heterocycles. The van der Waals surface area contributed by atoms with Crippen LogP contribution >= 0.6 is 0 Å². The highest BCUT2D eigenvalue weighted by Gasteiger charge is 2.06. The molecule has 0 saturated heterocycles. The molecule has 0 saturated carbocycles. The largest absolute Gasteiger partial charge is 0.261 e. The number of hydrogen-bond donors (Lipinski definition) is 0. The second-order valence-corrected chi connectivity index (χ2v) is 2.89. The van der Waals surface area contributed by atoms with Gasteiger partial charge in [0.2, 0.25) is 5.95 Å². The minimum atomic E-state index is -0.521. The van der Waals surface area contributed by atoms with E-state index < -0.39 is 5.95 Å². The fourth-order valence-electron chi connectivity index (χ4n) is 1.17. The Kier molecular flexibility index (Phi) is 2.18. The van der Waals surface area contributed by atoms with E-state index in [0.29, 0.717) is 11.3 Å². The van der Waals surface area contributed by atoms with Crippen molar-refractivity contribution in [2.45, 2.75) is 6.92 Å². The molecule has 0 N–H and O–H groups in total. The van der Waals surface area contributed by atoms with Gasteiger partial charge in [-0.25, -0.2) is 9.97 Å². The summed E-state index contributed by atoms with van der Waals surface area (Å²) in [6.45, 7) is 1.81. The number of halogens is 1. The van der Waals surface area contributed by atoms with Crippen molar-refractivity contribution in [1.82, 2.24) is 15.0 Å². The number of rotatable bonds is 1. The Balaban J connectivity index is 2.55. The van der Waals surface area contributed by atoms with Gasteiger partial charge in [-0.3, -0.25) is 4.98 Å². The first-order chi connectivity index (χ1) is 6.77. The maximum Gasteiger partial charge on any atom is 0.222 e. The van der Waals surface area contributed by atoms with Crippen molar-refractivity contribution in [3.8, 4) is 11.3 Å². The Labute approximate surface area is 80.7 Å². The Morgan fingerprint density at radius 1 is 1.29 bits per heavy atom. The lowest BCUT2D eigenvalue weighted by molar-refractivity contribution is 0.587. The van der Waals surface area contributed by atoms with Gasteiger partial charge in [-0.1, -0.05) is 0 Å². The molecule has 0 radical (unpaired) electrons. The molecule has 14 heavy (non-hydrogen) atoms. The highest BCUT2D eigenvalue weighted by atomic mass is 19.1. The lowest BCUT2D eigenvalue weighted by Gasteiger charge is -2.00. The minimum absolute atomic E-state index is 0.378. The lowest BCUT2D eigenvalue weighted by atomic mass is 10.2. The maximum atomic E-state index is 13.2. The third-order valence-corrected chi connectivity index (χ3v) is 1.79. The van der Waals surface area contributed by atoms with Crippen molar-refractivity contribution in [2.75, 3.05) is 0 Å². The van der Waals surface area contributed by atoms with Gasteiger partial charge < -0.3 is 0 Å². The summed E-state index contributed by atoms with van der Waals surface area (Å²) in [4.78, 5) is 11.7. The van der Waals surface area contributed by atoms with Crippen LogP contribution in [0.4, 0.5) is 4.39 Å². The summed E-state index contributed by atoms with van der Waals surface area (Å²) in [7, 11) is 0. The van der Waals surface area contributed by atoms with Crippen LogP contribution in [0.5, 0.6) is 0 Å². The van der Waals surface area contributed by atoms with Crippen molar-refractivity contribution < 1.29 is 4.39 Å². The zero-order valence-corrected chi connectivity index (χ0v) is 7.61. The van der Waals surface area contributed by atoms with Crippen LogP contribution in [0.25, 0.3) is 11.3 Å². The molecule has 0 bridgehead atoms. The van der Waals surface area contributed by atoms with Gasteiger partial charge in [0.15, 0.2) is 0 Å². The lowest BCUT2D eigenvalue weighted by Crippen LogP contribution is -1.93. The standard InChI is InChI=1S/C10H8FN3/c1-7-5-12-6-9(14-7)8-3-2-4-13-10(8)11/h2-6H,1H3. The molecule has 0 spiro atoms. The van der Waals surface area contributed by atoms with Gasteiger partial charge in [0, 0.05) is 12.4 Å². The van der Waals surface area contributed by atoms with Crippen molar-refractivity contribution in [2.24, 2.45) is 0 Å². The second kappa shape index (κ2) is 3.49. The Hall–Kier alpha value is -1.84. The number of nitrogens with zero attached hydrogens (tertiary/aromatic N) is 3. The fourth-order valence-corrected chi connectivity index (χ4v) is 1.17. The number of pyridine rings is 1. The highest BCUT2D eigenvalue weighted by molar-refractivity contribution is 5.57. The zero-order valence-electron chi connectivity index (χ0n) is 7.61. The summed E-state index contributed by atoms with van der Waals surface area (Å²) in [5, 5.41) is 0. The molecule has 3 nitrogen and oxygen atoms in total. The van der Waals surface area contributed by atoms with Gasteiger partial charge >= 0.3 is 0 Å². The summed E-state index contributed by atoms with van der Waals surface area (Å²) < 4.78 is 13.2. The molecule has 2 aromatic rings. The molecule has 0 fully saturated rings. The molecular weight excluding hydrogens is 181 g/mol. The van der Waals surface area contributed by atoms with Crippen LogP contribution in [-0.2, 0) is 0 Å². The van der Waals surface area contributed by atoms with Gasteiger partial charge in [0.05, 0.1) is 23.1 Å². The highest BCUT2D eigenvalue weighted by Crippen LogP contribution is 2.17. The van der Waals surface area contributed by atoms with E-state index in [2.05, 4.69) is 15.0 Å². The summed E-state index contributed by atoms with van der Waals surface area (Å²) in [6.07, 6.45) is 4.55. The maximum absolute atomic E-state index is 13.2. The van der Waals surface area contributed by atoms with E-state index in [1.807, 2.05) is 6.92 Å². The van der Waals surface area contributed by atoms with Gasteiger partial charge in [0.1, 0.15) is 0 Å². The molecule has 0 aromatic carbocycles. The summed E-state index contributed by atoms with van der Waals surface area (Å²) in [5.74, 6) is -0.521. The van der Waals surface area contributed by atoms with Crippen molar-refractivity contribution in [1.29, 1.82) is 0 Å². The summed E-state index contributed by atoms with van der Waals surface area (Å²) in [6, 6.07) is 3.30. The molecule has 70 valence electrons. The van der Waals surface area contributed by atoms with E-state index >= 15 is 0 Å². The fraction of sp³-hybridized carbons (Fsp3) is 0.100. The summed E-state index contributed by atoms with van der Waals surface area (Å²) in [5.41, 5.74) is 1.64. The molecule has 2 heterocycles.